The number of nitrogens with one attached hydrogen (secondary N) is 3. The second kappa shape index (κ2) is 18.4. The van der Waals surface area contributed by atoms with Gasteiger partial charge in [0.2, 0.25) is 5.91 Å². The minimum Gasteiger partial charge on any atom is -0.489 e. The summed E-state index contributed by atoms with van der Waals surface area (Å²) in [5.41, 5.74) is 9.67. The zero-order valence-corrected chi connectivity index (χ0v) is 29.8. The average molecular weight is 736 g/mol. The largest absolute Gasteiger partial charge is 0.489 e. The van der Waals surface area contributed by atoms with Crippen LogP contribution in [-0.4, -0.2) is 37.7 Å². The second-order valence-corrected chi connectivity index (χ2v) is 14.0. The lowest BCUT2D eigenvalue weighted by molar-refractivity contribution is -0.384. The van der Waals surface area contributed by atoms with E-state index in [4.69, 9.17) is 10.5 Å². The molecule has 5 aromatic carbocycles. The van der Waals surface area contributed by atoms with Crippen molar-refractivity contribution in [2.45, 2.75) is 49.8 Å². The topological polar surface area (TPSA) is 183 Å². The third-order valence-electron chi connectivity index (χ3n) is 8.40. The van der Waals surface area contributed by atoms with E-state index in [2.05, 4.69) is 10.6 Å². The predicted molar refractivity (Wildman–Crippen MR) is 203 cm³/mol. The van der Waals surface area contributed by atoms with Gasteiger partial charge in [-0.25, -0.2) is 13.1 Å². The van der Waals surface area contributed by atoms with Crippen LogP contribution in [0, 0.1) is 10.1 Å². The molecule has 0 heterocycles. The number of nitro benzene ring substituents is 1. The molecule has 0 unspecified atom stereocenters. The summed E-state index contributed by atoms with van der Waals surface area (Å²) in [7, 11) is -4.59. The Morgan fingerprint density at radius 2 is 1.40 bits per heavy atom. The Kier molecular flexibility index (Phi) is 13.3. The molecule has 0 spiro atoms. The summed E-state index contributed by atoms with van der Waals surface area (Å²) in [5, 5.41) is 17.6. The van der Waals surface area contributed by atoms with Crippen LogP contribution in [0.15, 0.2) is 132 Å². The predicted octanol–water partition coefficient (Wildman–Crippen LogP) is 5.45. The van der Waals surface area contributed by atoms with E-state index < -0.39 is 43.4 Å². The van der Waals surface area contributed by atoms with Gasteiger partial charge in [0, 0.05) is 25.6 Å². The number of benzene rings is 5. The van der Waals surface area contributed by atoms with Gasteiger partial charge in [-0.1, -0.05) is 97.1 Å². The summed E-state index contributed by atoms with van der Waals surface area (Å²) in [5.74, 6) is -0.932. The van der Waals surface area contributed by atoms with Gasteiger partial charge in [-0.05, 0) is 64.9 Å². The lowest BCUT2D eigenvalue weighted by atomic mass is 10.0. The molecule has 0 aromatic heterocycles. The molecule has 0 saturated carbocycles. The summed E-state index contributed by atoms with van der Waals surface area (Å²) in [6.45, 7) is 1.11. The summed E-state index contributed by atoms with van der Waals surface area (Å²) >= 11 is 0. The number of rotatable bonds is 18. The number of hydrogen-bond acceptors (Lipinski definition) is 9. The summed E-state index contributed by atoms with van der Waals surface area (Å²) in [6, 6.07) is 35.5. The van der Waals surface area contributed by atoms with Gasteiger partial charge in [-0.3, -0.25) is 19.7 Å². The van der Waals surface area contributed by atoms with Gasteiger partial charge in [-0.15, -0.1) is 0 Å². The van der Waals surface area contributed by atoms with E-state index in [-0.39, 0.29) is 18.5 Å². The van der Waals surface area contributed by atoms with Crippen molar-refractivity contribution in [2.24, 2.45) is 5.73 Å². The van der Waals surface area contributed by atoms with Crippen LogP contribution < -0.4 is 25.8 Å². The standard InChI is InChI=1S/C40H41N5O7S/c41-27-32-15-13-31(14-16-32)25-39(46)43-37(24-30-17-19-34(20-18-30)52-28-33-10-5-2-6-11-33)40(47)44-53(50,51)35-21-22-36(38(26-35)45(48)49)42-23-7-12-29-8-3-1-4-9-29/h1-6,8-11,13-22,26,37,42H,7,12,23-25,27-28,41H2,(H,43,46)(H,44,47)/t37-/m0/s1. The van der Waals surface area contributed by atoms with Crippen molar-refractivity contribution in [3.63, 3.8) is 0 Å². The minimum absolute atomic E-state index is 0.0514. The molecule has 0 aliphatic heterocycles. The first-order chi connectivity index (χ1) is 25.6. The van der Waals surface area contributed by atoms with Crippen LogP contribution in [0.4, 0.5) is 11.4 Å². The molecule has 12 nitrogen and oxygen atoms in total. The fraction of sp³-hybridized carbons (Fsp3) is 0.200. The van der Waals surface area contributed by atoms with Crippen LogP contribution in [0.3, 0.4) is 0 Å². The van der Waals surface area contributed by atoms with Crippen LogP contribution >= 0.6 is 0 Å². The van der Waals surface area contributed by atoms with Gasteiger partial charge in [0.15, 0.2) is 0 Å². The zero-order chi connectivity index (χ0) is 37.6. The number of aryl methyl sites for hydroxylation is 1. The van der Waals surface area contributed by atoms with E-state index >= 15 is 0 Å². The summed E-state index contributed by atoms with van der Waals surface area (Å²) < 4.78 is 34.8. The Bertz CT molecular complexity index is 2100. The molecule has 5 N–H and O–H groups in total. The molecule has 274 valence electrons. The van der Waals surface area contributed by atoms with E-state index in [1.54, 1.807) is 48.5 Å². The molecule has 0 aliphatic rings. The van der Waals surface area contributed by atoms with Crippen LogP contribution in [0.1, 0.15) is 34.2 Å². The highest BCUT2D eigenvalue weighted by molar-refractivity contribution is 7.90. The van der Waals surface area contributed by atoms with E-state index in [1.165, 1.54) is 12.1 Å². The number of nitrogens with zero attached hydrogens (tertiary/aromatic N) is 1. The molecular formula is C40H41N5O7S. The van der Waals surface area contributed by atoms with Gasteiger partial charge in [0.1, 0.15) is 24.1 Å². The normalized spacial score (nSPS) is 11.6. The highest BCUT2D eigenvalue weighted by Crippen LogP contribution is 2.28. The van der Waals surface area contributed by atoms with Crippen LogP contribution in [0.2, 0.25) is 0 Å². The van der Waals surface area contributed by atoms with Crippen LogP contribution in [0.25, 0.3) is 0 Å². The third kappa shape index (κ3) is 11.5. The lowest BCUT2D eigenvalue weighted by Crippen LogP contribution is -2.49. The number of ether oxygens (including phenoxy) is 1. The molecule has 1 atom stereocenters. The molecule has 13 heteroatoms. The molecule has 0 fully saturated rings. The monoisotopic (exact) mass is 735 g/mol. The number of carbonyl (C=O) groups excluding carboxylic acids is 2. The first-order valence-corrected chi connectivity index (χ1v) is 18.5. The van der Waals surface area contributed by atoms with Gasteiger partial charge in [-0.2, -0.15) is 0 Å². The number of anilines is 1. The van der Waals surface area contributed by atoms with Crippen molar-refractivity contribution in [3.05, 3.63) is 165 Å². The Morgan fingerprint density at radius 1 is 0.774 bits per heavy atom. The van der Waals surface area contributed by atoms with Crippen LogP contribution in [0.5, 0.6) is 5.75 Å². The van der Waals surface area contributed by atoms with Gasteiger partial charge in [0.25, 0.3) is 21.6 Å². The van der Waals surface area contributed by atoms with Crippen LogP contribution in [-0.2, 0) is 52.0 Å². The van der Waals surface area contributed by atoms with E-state index in [1.807, 2.05) is 65.4 Å². The molecule has 5 aromatic rings. The van der Waals surface area contributed by atoms with Gasteiger partial charge < -0.3 is 21.1 Å². The number of carbonyl (C=O) groups is 2. The van der Waals surface area contributed by atoms with Gasteiger partial charge >= 0.3 is 0 Å². The average Bonchev–Trinajstić information content (AvgIpc) is 3.17. The first-order valence-electron chi connectivity index (χ1n) is 17.1. The third-order valence-corrected chi connectivity index (χ3v) is 9.74. The Hall–Kier alpha value is -6.05. The van der Waals surface area contributed by atoms with Gasteiger partial charge in [0.05, 0.1) is 16.2 Å². The molecule has 0 aliphatic carbocycles. The summed E-state index contributed by atoms with van der Waals surface area (Å²) in [4.78, 5) is 37.6. The number of nitro groups is 1. The molecule has 0 radical (unpaired) electrons. The minimum atomic E-state index is -4.59. The van der Waals surface area contributed by atoms with Crippen molar-refractivity contribution < 1.29 is 27.7 Å². The molecule has 5 rings (SSSR count). The van der Waals surface area contributed by atoms with Crippen molar-refractivity contribution >= 4 is 33.2 Å². The number of nitrogens with two attached hydrogens (primary N) is 1. The van der Waals surface area contributed by atoms with E-state index in [0.717, 1.165) is 29.2 Å². The molecule has 53 heavy (non-hydrogen) atoms. The Morgan fingerprint density at radius 3 is 2.04 bits per heavy atom. The SMILES string of the molecule is NCc1ccc(CC(=O)N[C@@H](Cc2ccc(OCc3ccccc3)cc2)C(=O)NS(=O)(=O)c2ccc(NCCCc3ccccc3)c([N+](=O)[O-])c2)cc1. The molecule has 0 bridgehead atoms. The second-order valence-electron chi connectivity index (χ2n) is 12.4. The smallest absolute Gasteiger partial charge is 0.293 e. The quantitative estimate of drug-likeness (QED) is 0.0517. The fourth-order valence-corrected chi connectivity index (χ4v) is 6.57. The maximum absolute atomic E-state index is 13.6. The summed E-state index contributed by atoms with van der Waals surface area (Å²) in [6.07, 6.45) is 1.32. The maximum Gasteiger partial charge on any atom is 0.293 e. The Balaban J connectivity index is 1.28. The Labute approximate surface area is 308 Å². The molecular weight excluding hydrogens is 695 g/mol. The zero-order valence-electron chi connectivity index (χ0n) is 28.9. The number of amides is 2. The van der Waals surface area contributed by atoms with E-state index in [9.17, 15) is 28.1 Å². The maximum atomic E-state index is 13.6. The van der Waals surface area contributed by atoms with Crippen molar-refractivity contribution in [1.29, 1.82) is 0 Å². The number of sulfonamides is 1. The highest BCUT2D eigenvalue weighted by atomic mass is 32.2. The van der Waals surface area contributed by atoms with E-state index in [0.29, 0.717) is 43.0 Å². The lowest BCUT2D eigenvalue weighted by Gasteiger charge is -2.19. The van der Waals surface area contributed by atoms with Crippen molar-refractivity contribution in [2.75, 3.05) is 11.9 Å². The number of hydrogen-bond donors (Lipinski definition) is 4. The van der Waals surface area contributed by atoms with Crippen molar-refractivity contribution in [3.8, 4) is 5.75 Å². The van der Waals surface area contributed by atoms with Crippen molar-refractivity contribution in [1.82, 2.24) is 10.0 Å². The first kappa shape index (κ1) is 38.2. The highest BCUT2D eigenvalue weighted by Gasteiger charge is 2.28. The molecule has 2 amide bonds. The molecule has 0 saturated heterocycles. The fourth-order valence-electron chi connectivity index (χ4n) is 5.53.